The lowest BCUT2D eigenvalue weighted by atomic mass is 10.1. The van der Waals surface area contributed by atoms with Gasteiger partial charge in [0, 0.05) is 10.9 Å². The zero-order chi connectivity index (χ0) is 12.7. The molecule has 1 aromatic rings. The minimum absolute atomic E-state index is 0.220. The lowest BCUT2D eigenvalue weighted by molar-refractivity contribution is 0.0983. The summed E-state index contributed by atoms with van der Waals surface area (Å²) in [5.74, 6) is 0.220. The topological polar surface area (TPSA) is 17.1 Å². The van der Waals surface area contributed by atoms with Crippen LogP contribution in [0.1, 0.15) is 61.5 Å². The highest BCUT2D eigenvalue weighted by molar-refractivity contribution is 9.10. The third-order valence-electron chi connectivity index (χ3n) is 2.68. The van der Waals surface area contributed by atoms with Gasteiger partial charge in [-0.2, -0.15) is 0 Å². The zero-order valence-electron chi connectivity index (χ0n) is 10.1. The molecule has 0 N–H and O–H groups in total. The minimum atomic E-state index is 0.220. The molecule has 0 aliphatic carbocycles. The number of carbonyl (C=O) groups excluding carboxylic acids is 1. The van der Waals surface area contributed by atoms with Crippen molar-refractivity contribution in [1.29, 1.82) is 0 Å². The summed E-state index contributed by atoms with van der Waals surface area (Å²) in [7, 11) is 0. The molecule has 0 atom stereocenters. The number of carbonyl (C=O) groups is 1. The molecule has 0 amide bonds. The van der Waals surface area contributed by atoms with Gasteiger partial charge in [-0.15, -0.1) is 11.3 Å². The van der Waals surface area contributed by atoms with E-state index in [9.17, 15) is 4.79 Å². The van der Waals surface area contributed by atoms with Crippen molar-refractivity contribution < 1.29 is 4.79 Å². The minimum Gasteiger partial charge on any atom is -0.293 e. The van der Waals surface area contributed by atoms with E-state index < -0.39 is 0 Å². The van der Waals surface area contributed by atoms with Gasteiger partial charge in [-0.3, -0.25) is 4.79 Å². The van der Waals surface area contributed by atoms with Crippen LogP contribution in [0.3, 0.4) is 0 Å². The van der Waals surface area contributed by atoms with E-state index in [1.165, 1.54) is 37.0 Å². The number of hydrogen-bond acceptors (Lipinski definition) is 2. The third-order valence-corrected chi connectivity index (χ3v) is 5.19. The average Bonchev–Trinajstić information content (AvgIpc) is 2.64. The van der Waals surface area contributed by atoms with Gasteiger partial charge in [0.05, 0.1) is 4.88 Å². The molecular weight excluding hydrogens is 320 g/mol. The number of ketones is 1. The Morgan fingerprint density at radius 1 is 1.29 bits per heavy atom. The van der Waals surface area contributed by atoms with E-state index in [0.717, 1.165) is 22.2 Å². The summed E-state index contributed by atoms with van der Waals surface area (Å²) in [5.41, 5.74) is 0. The van der Waals surface area contributed by atoms with Crippen molar-refractivity contribution in [3.05, 3.63) is 19.8 Å². The highest BCUT2D eigenvalue weighted by Crippen LogP contribution is 2.32. The van der Waals surface area contributed by atoms with Crippen LogP contribution in [-0.2, 0) is 0 Å². The Kier molecular flexibility index (Phi) is 7.40. The van der Waals surface area contributed by atoms with Gasteiger partial charge in [0.1, 0.15) is 4.34 Å². The lowest BCUT2D eigenvalue weighted by Crippen LogP contribution is -1.95. The average molecular weight is 338 g/mol. The van der Waals surface area contributed by atoms with Gasteiger partial charge >= 0.3 is 0 Å². The summed E-state index contributed by atoms with van der Waals surface area (Å²) in [6.45, 7) is 2.21. The van der Waals surface area contributed by atoms with Crippen LogP contribution in [0.15, 0.2) is 10.5 Å². The van der Waals surface area contributed by atoms with E-state index in [-0.39, 0.29) is 5.78 Å². The van der Waals surface area contributed by atoms with Crippen molar-refractivity contribution in [2.24, 2.45) is 0 Å². The molecule has 1 rings (SSSR count). The molecule has 0 radical (unpaired) electrons. The van der Waals surface area contributed by atoms with Gasteiger partial charge in [0.15, 0.2) is 5.78 Å². The highest BCUT2D eigenvalue weighted by Gasteiger charge is 2.11. The number of unbranched alkanes of at least 4 members (excludes halogenated alkanes) is 5. The Morgan fingerprint density at radius 3 is 2.53 bits per heavy atom. The van der Waals surface area contributed by atoms with Gasteiger partial charge in [-0.1, -0.05) is 50.6 Å². The quantitative estimate of drug-likeness (QED) is 0.414. The van der Waals surface area contributed by atoms with Gasteiger partial charge < -0.3 is 0 Å². The van der Waals surface area contributed by atoms with Gasteiger partial charge in [-0.05, 0) is 28.4 Å². The number of thiophene rings is 1. The van der Waals surface area contributed by atoms with Crippen LogP contribution in [0, 0.1) is 0 Å². The first kappa shape index (κ1) is 15.2. The SMILES string of the molecule is CCCCCCCCC(=O)c1cc(Br)c(Cl)s1. The van der Waals surface area contributed by atoms with Gasteiger partial charge in [0.2, 0.25) is 0 Å². The van der Waals surface area contributed by atoms with Crippen molar-refractivity contribution in [3.63, 3.8) is 0 Å². The first-order valence-corrected chi connectivity index (χ1v) is 8.12. The summed E-state index contributed by atoms with van der Waals surface area (Å²) in [5, 5.41) is 0. The molecule has 0 spiro atoms. The number of rotatable bonds is 8. The van der Waals surface area contributed by atoms with Crippen molar-refractivity contribution in [1.82, 2.24) is 0 Å². The second-order valence-corrected chi connectivity index (χ2v) is 6.68. The van der Waals surface area contributed by atoms with E-state index in [2.05, 4.69) is 22.9 Å². The molecule has 96 valence electrons. The zero-order valence-corrected chi connectivity index (χ0v) is 13.3. The van der Waals surface area contributed by atoms with E-state index in [4.69, 9.17) is 11.6 Å². The van der Waals surface area contributed by atoms with Gasteiger partial charge in [-0.25, -0.2) is 0 Å². The first-order valence-electron chi connectivity index (χ1n) is 6.13. The van der Waals surface area contributed by atoms with Crippen LogP contribution in [0.5, 0.6) is 0 Å². The summed E-state index contributed by atoms with van der Waals surface area (Å²) in [4.78, 5) is 12.6. The third kappa shape index (κ3) is 5.54. The molecule has 17 heavy (non-hydrogen) atoms. The van der Waals surface area contributed by atoms with Crippen molar-refractivity contribution >= 4 is 44.7 Å². The normalized spacial score (nSPS) is 10.8. The van der Waals surface area contributed by atoms with Gasteiger partial charge in [0.25, 0.3) is 0 Å². The maximum atomic E-state index is 11.8. The molecule has 0 fully saturated rings. The van der Waals surface area contributed by atoms with Crippen LogP contribution in [0.25, 0.3) is 0 Å². The van der Waals surface area contributed by atoms with Crippen LogP contribution in [0.2, 0.25) is 4.34 Å². The predicted octanol–water partition coefficient (Wildman–Crippen LogP) is 6.10. The van der Waals surface area contributed by atoms with E-state index >= 15 is 0 Å². The fraction of sp³-hybridized carbons (Fsp3) is 0.615. The molecule has 1 nitrogen and oxygen atoms in total. The molecular formula is C13H18BrClOS. The molecule has 0 saturated carbocycles. The molecule has 1 aromatic heterocycles. The second kappa shape index (κ2) is 8.28. The maximum Gasteiger partial charge on any atom is 0.172 e. The number of Topliss-reactive ketones (excluding diaryl/α,β-unsaturated/α-hetero) is 1. The monoisotopic (exact) mass is 336 g/mol. The summed E-state index contributed by atoms with van der Waals surface area (Å²) >= 11 is 10.6. The summed E-state index contributed by atoms with van der Waals surface area (Å²) in [6, 6.07) is 1.83. The van der Waals surface area contributed by atoms with Crippen LogP contribution >= 0.6 is 38.9 Å². The molecule has 0 aromatic carbocycles. The van der Waals surface area contributed by atoms with E-state index in [1.54, 1.807) is 0 Å². The van der Waals surface area contributed by atoms with E-state index in [1.807, 2.05) is 6.07 Å². The standard InChI is InChI=1S/C13H18BrClOS/c1-2-3-4-5-6-7-8-11(16)12-9-10(14)13(15)17-12/h9H,2-8H2,1H3. The fourth-order valence-corrected chi connectivity index (χ4v) is 3.34. The fourth-order valence-electron chi connectivity index (χ4n) is 1.67. The smallest absolute Gasteiger partial charge is 0.172 e. The van der Waals surface area contributed by atoms with Crippen LogP contribution in [0.4, 0.5) is 0 Å². The Labute approximate surface area is 121 Å². The second-order valence-electron chi connectivity index (χ2n) is 4.17. The summed E-state index contributed by atoms with van der Waals surface area (Å²) in [6.07, 6.45) is 7.91. The molecule has 0 aliphatic rings. The molecule has 0 unspecified atom stereocenters. The number of halogens is 2. The Bertz CT molecular complexity index is 343. The van der Waals surface area contributed by atoms with Crippen molar-refractivity contribution in [2.45, 2.75) is 51.9 Å². The lowest BCUT2D eigenvalue weighted by Gasteiger charge is -1.99. The van der Waals surface area contributed by atoms with Crippen LogP contribution < -0.4 is 0 Å². The highest BCUT2D eigenvalue weighted by atomic mass is 79.9. The van der Waals surface area contributed by atoms with Crippen LogP contribution in [-0.4, -0.2) is 5.78 Å². The predicted molar refractivity (Wildman–Crippen MR) is 79.4 cm³/mol. The first-order chi connectivity index (χ1) is 8.15. The van der Waals surface area contributed by atoms with Crippen molar-refractivity contribution in [3.8, 4) is 0 Å². The number of hydrogen-bond donors (Lipinski definition) is 0. The molecule has 0 aliphatic heterocycles. The van der Waals surface area contributed by atoms with Crippen molar-refractivity contribution in [2.75, 3.05) is 0 Å². The Balaban J connectivity index is 2.21. The Hall–Kier alpha value is 0.140. The maximum absolute atomic E-state index is 11.8. The largest absolute Gasteiger partial charge is 0.293 e. The van der Waals surface area contributed by atoms with E-state index in [0.29, 0.717) is 10.8 Å². The molecule has 1 heterocycles. The molecule has 0 bridgehead atoms. The summed E-state index contributed by atoms with van der Waals surface area (Å²) < 4.78 is 1.49. The molecule has 4 heteroatoms. The molecule has 0 saturated heterocycles. The Morgan fingerprint density at radius 2 is 1.94 bits per heavy atom.